The van der Waals surface area contributed by atoms with Crippen LogP contribution in [0.25, 0.3) is 0 Å². The van der Waals surface area contributed by atoms with Gasteiger partial charge in [0.15, 0.2) is 11.0 Å². The Labute approximate surface area is 190 Å². The van der Waals surface area contributed by atoms with E-state index >= 15 is 0 Å². The lowest BCUT2D eigenvalue weighted by Gasteiger charge is -2.11. The highest BCUT2D eigenvalue weighted by molar-refractivity contribution is 7.99. The van der Waals surface area contributed by atoms with Crippen molar-refractivity contribution in [1.82, 2.24) is 14.8 Å². The molecule has 1 aromatic heterocycles. The summed E-state index contributed by atoms with van der Waals surface area (Å²) in [5.41, 5.74) is 3.38. The van der Waals surface area contributed by atoms with Crippen LogP contribution in [-0.2, 0) is 17.9 Å². The van der Waals surface area contributed by atoms with Gasteiger partial charge in [-0.1, -0.05) is 29.5 Å². The molecule has 32 heavy (non-hydrogen) atoms. The molecule has 3 rings (SSSR count). The second-order valence-electron chi connectivity index (χ2n) is 7.29. The number of amides is 1. The fourth-order valence-electron chi connectivity index (χ4n) is 3.17. The summed E-state index contributed by atoms with van der Waals surface area (Å²) in [5.74, 6) is 1.38. The quantitative estimate of drug-likeness (QED) is 0.288. The van der Waals surface area contributed by atoms with E-state index < -0.39 is 4.92 Å². The van der Waals surface area contributed by atoms with Gasteiger partial charge in [0.2, 0.25) is 5.91 Å². The highest BCUT2D eigenvalue weighted by Gasteiger charge is 2.15. The number of nitro benzene ring substituents is 1. The molecule has 0 atom stereocenters. The van der Waals surface area contributed by atoms with Gasteiger partial charge in [-0.15, -0.1) is 10.2 Å². The summed E-state index contributed by atoms with van der Waals surface area (Å²) in [7, 11) is 0. The molecule has 0 saturated heterocycles. The minimum Gasteiger partial charge on any atom is -0.485 e. The molecule has 0 aliphatic heterocycles. The third-order valence-corrected chi connectivity index (χ3v) is 5.79. The van der Waals surface area contributed by atoms with Crippen LogP contribution in [0.3, 0.4) is 0 Å². The van der Waals surface area contributed by atoms with Crippen LogP contribution in [0, 0.1) is 30.9 Å². The number of rotatable bonds is 9. The van der Waals surface area contributed by atoms with Gasteiger partial charge in [-0.2, -0.15) is 0 Å². The Morgan fingerprint density at radius 1 is 1.16 bits per heavy atom. The molecule has 0 saturated carbocycles. The van der Waals surface area contributed by atoms with Crippen LogP contribution in [0.1, 0.15) is 29.4 Å². The maximum atomic E-state index is 12.4. The number of non-ortho nitro benzene ring substituents is 1. The van der Waals surface area contributed by atoms with Gasteiger partial charge in [-0.25, -0.2) is 0 Å². The summed E-state index contributed by atoms with van der Waals surface area (Å²) in [6.07, 6.45) is 0. The van der Waals surface area contributed by atoms with Crippen LogP contribution >= 0.6 is 11.8 Å². The largest absolute Gasteiger partial charge is 0.485 e. The van der Waals surface area contributed by atoms with Crippen molar-refractivity contribution in [2.24, 2.45) is 0 Å². The summed E-state index contributed by atoms with van der Waals surface area (Å²) < 4.78 is 7.83. The fourth-order valence-corrected chi connectivity index (χ4v) is 3.99. The zero-order valence-corrected chi connectivity index (χ0v) is 19.2. The lowest BCUT2D eigenvalue weighted by atomic mass is 10.1. The predicted octanol–water partition coefficient (Wildman–Crippen LogP) is 4.44. The van der Waals surface area contributed by atoms with E-state index in [-0.39, 0.29) is 24.0 Å². The molecule has 0 unspecified atom stereocenters. The van der Waals surface area contributed by atoms with Crippen LogP contribution in [-0.4, -0.2) is 31.3 Å². The smallest absolute Gasteiger partial charge is 0.269 e. The molecular formula is C22H25N5O4S. The Morgan fingerprint density at radius 3 is 2.59 bits per heavy atom. The number of hydrogen-bond donors (Lipinski definition) is 1. The fraction of sp³-hybridized carbons (Fsp3) is 0.318. The van der Waals surface area contributed by atoms with Crippen molar-refractivity contribution in [1.29, 1.82) is 0 Å². The Bertz CT molecular complexity index is 1150. The molecule has 0 spiro atoms. The number of carbonyl (C=O) groups is 1. The summed E-state index contributed by atoms with van der Waals surface area (Å²) in [4.78, 5) is 22.8. The maximum absolute atomic E-state index is 12.4. The van der Waals surface area contributed by atoms with Crippen LogP contribution in [0.15, 0.2) is 41.6 Å². The molecule has 0 aliphatic rings. The van der Waals surface area contributed by atoms with Crippen molar-refractivity contribution in [3.05, 3.63) is 69.0 Å². The van der Waals surface area contributed by atoms with Gasteiger partial charge in [0.05, 0.1) is 10.7 Å². The van der Waals surface area contributed by atoms with E-state index in [4.69, 9.17) is 4.74 Å². The molecule has 0 bridgehead atoms. The Kier molecular flexibility index (Phi) is 7.47. The first-order chi connectivity index (χ1) is 15.3. The molecule has 1 N–H and O–H groups in total. The maximum Gasteiger partial charge on any atom is 0.269 e. The predicted molar refractivity (Wildman–Crippen MR) is 123 cm³/mol. The van der Waals surface area contributed by atoms with Crippen molar-refractivity contribution in [2.45, 2.75) is 46.0 Å². The van der Waals surface area contributed by atoms with Crippen LogP contribution in [0.4, 0.5) is 11.4 Å². The van der Waals surface area contributed by atoms with Gasteiger partial charge in [-0.05, 0) is 51.0 Å². The van der Waals surface area contributed by atoms with Crippen molar-refractivity contribution in [2.75, 3.05) is 11.1 Å². The Morgan fingerprint density at radius 2 is 1.94 bits per heavy atom. The van der Waals surface area contributed by atoms with Gasteiger partial charge in [0.1, 0.15) is 12.4 Å². The lowest BCUT2D eigenvalue weighted by molar-refractivity contribution is -0.384. The average molecular weight is 456 g/mol. The van der Waals surface area contributed by atoms with Crippen molar-refractivity contribution in [3.63, 3.8) is 0 Å². The van der Waals surface area contributed by atoms with E-state index in [2.05, 4.69) is 21.6 Å². The topological polar surface area (TPSA) is 112 Å². The molecule has 0 fully saturated rings. The first-order valence-electron chi connectivity index (χ1n) is 10.1. The minimum absolute atomic E-state index is 0.0125. The number of benzene rings is 2. The highest BCUT2D eigenvalue weighted by Crippen LogP contribution is 2.24. The van der Waals surface area contributed by atoms with Gasteiger partial charge in [-0.3, -0.25) is 14.9 Å². The molecule has 0 aliphatic carbocycles. The summed E-state index contributed by atoms with van der Waals surface area (Å²) in [6, 6.07) is 10.3. The Hall–Kier alpha value is -3.40. The van der Waals surface area contributed by atoms with E-state index in [9.17, 15) is 14.9 Å². The summed E-state index contributed by atoms with van der Waals surface area (Å²) in [6.45, 7) is 8.65. The second kappa shape index (κ2) is 10.3. The van der Waals surface area contributed by atoms with E-state index in [0.717, 1.165) is 11.3 Å². The lowest BCUT2D eigenvalue weighted by Crippen LogP contribution is -2.15. The molecule has 0 radical (unpaired) electrons. The Balaban J connectivity index is 1.60. The monoisotopic (exact) mass is 455 g/mol. The number of carbonyl (C=O) groups excluding carboxylic acids is 1. The van der Waals surface area contributed by atoms with Gasteiger partial charge in [0, 0.05) is 24.4 Å². The molecule has 3 aromatic rings. The summed E-state index contributed by atoms with van der Waals surface area (Å²) >= 11 is 1.27. The molecule has 1 amide bonds. The van der Waals surface area contributed by atoms with E-state index in [1.807, 2.05) is 37.5 Å². The van der Waals surface area contributed by atoms with Gasteiger partial charge < -0.3 is 14.6 Å². The highest BCUT2D eigenvalue weighted by atomic mass is 32.2. The van der Waals surface area contributed by atoms with E-state index in [0.29, 0.717) is 28.8 Å². The number of nitrogens with zero attached hydrogens (tertiary/aromatic N) is 4. The zero-order valence-electron chi connectivity index (χ0n) is 18.4. The first kappa shape index (κ1) is 23.3. The molecular weight excluding hydrogens is 430 g/mol. The van der Waals surface area contributed by atoms with Crippen molar-refractivity contribution >= 4 is 29.0 Å². The normalized spacial score (nSPS) is 10.8. The number of aromatic nitrogens is 3. The molecule has 1 heterocycles. The first-order valence-corrected chi connectivity index (χ1v) is 11.1. The van der Waals surface area contributed by atoms with Crippen LogP contribution in [0.5, 0.6) is 5.75 Å². The second-order valence-corrected chi connectivity index (χ2v) is 8.24. The number of anilines is 1. The standard InChI is InChI=1S/C22H25N5O4S/c1-5-26-20(12-31-19-9-6-14(2)10-16(19)4)24-25-22(26)32-13-21(28)23-18-8-7-17(27(29)30)11-15(18)3/h6-11H,5,12-13H2,1-4H3,(H,23,28). The zero-order chi connectivity index (χ0) is 23.3. The third-order valence-electron chi connectivity index (χ3n) is 4.82. The summed E-state index contributed by atoms with van der Waals surface area (Å²) in [5, 5.41) is 22.7. The number of thioether (sulfide) groups is 1. The van der Waals surface area contributed by atoms with E-state index in [1.54, 1.807) is 6.92 Å². The molecule has 168 valence electrons. The van der Waals surface area contributed by atoms with Crippen molar-refractivity contribution in [3.8, 4) is 5.75 Å². The third kappa shape index (κ3) is 5.64. The number of ether oxygens (including phenoxy) is 1. The average Bonchev–Trinajstić information content (AvgIpc) is 3.14. The number of nitrogens with one attached hydrogen (secondary N) is 1. The molecule has 9 nitrogen and oxygen atoms in total. The van der Waals surface area contributed by atoms with Crippen LogP contribution < -0.4 is 10.1 Å². The number of hydrogen-bond acceptors (Lipinski definition) is 7. The van der Waals surface area contributed by atoms with Crippen LogP contribution in [0.2, 0.25) is 0 Å². The van der Waals surface area contributed by atoms with Gasteiger partial charge >= 0.3 is 0 Å². The van der Waals surface area contributed by atoms with Crippen molar-refractivity contribution < 1.29 is 14.5 Å². The number of nitro groups is 1. The minimum atomic E-state index is -0.465. The SMILES string of the molecule is CCn1c(COc2ccc(C)cc2C)nnc1SCC(=O)Nc1ccc([N+](=O)[O-])cc1C. The molecule has 2 aromatic carbocycles. The molecule has 10 heteroatoms. The number of aryl methyl sites for hydroxylation is 3. The van der Waals surface area contributed by atoms with E-state index in [1.165, 1.54) is 35.5 Å². The van der Waals surface area contributed by atoms with Gasteiger partial charge in [0.25, 0.3) is 5.69 Å².